The highest BCUT2D eigenvalue weighted by atomic mass is 32.2. The topological polar surface area (TPSA) is 93.2 Å². The van der Waals surface area contributed by atoms with Gasteiger partial charge in [0.25, 0.3) is 5.69 Å². The third-order valence-electron chi connectivity index (χ3n) is 2.33. The van der Waals surface area contributed by atoms with E-state index in [1.54, 1.807) is 6.07 Å². The number of nitro benzene ring substituents is 1. The molecule has 0 aliphatic rings. The van der Waals surface area contributed by atoms with E-state index in [9.17, 15) is 28.1 Å². The summed E-state index contributed by atoms with van der Waals surface area (Å²) in [5.41, 5.74) is -6.13. The lowest BCUT2D eigenvalue weighted by molar-refractivity contribution is -0.387. The summed E-state index contributed by atoms with van der Waals surface area (Å²) < 4.78 is 42.4. The summed E-state index contributed by atoms with van der Waals surface area (Å²) in [7, 11) is 0. The number of hydrogen-bond acceptors (Lipinski definition) is 6. The van der Waals surface area contributed by atoms with Gasteiger partial charge in [-0.25, -0.2) is 0 Å². The van der Waals surface area contributed by atoms with E-state index >= 15 is 0 Å². The molecule has 0 spiro atoms. The summed E-state index contributed by atoms with van der Waals surface area (Å²) in [5, 5.41) is 19.8. The molecule has 118 valence electrons. The quantitative estimate of drug-likeness (QED) is 0.355. The minimum atomic E-state index is -4.78. The number of hydrogen-bond donors (Lipinski definition) is 0. The third kappa shape index (κ3) is 4.92. The van der Waals surface area contributed by atoms with Crippen LogP contribution in [0.1, 0.15) is 18.1 Å². The minimum Gasteiger partial charge on any atom is -0.466 e. The number of thioether (sulfide) groups is 1. The van der Waals surface area contributed by atoms with Gasteiger partial charge in [0.05, 0.1) is 34.5 Å². The van der Waals surface area contributed by atoms with Gasteiger partial charge in [0.15, 0.2) is 0 Å². The van der Waals surface area contributed by atoms with Crippen LogP contribution in [0.5, 0.6) is 0 Å². The van der Waals surface area contributed by atoms with Crippen LogP contribution in [0.3, 0.4) is 0 Å². The number of alkyl halides is 3. The van der Waals surface area contributed by atoms with Crippen LogP contribution in [0, 0.1) is 21.4 Å². The summed E-state index contributed by atoms with van der Waals surface area (Å²) in [5.74, 6) is -0.837. The molecule has 0 aromatic heterocycles. The minimum absolute atomic E-state index is 0.0145. The average Bonchev–Trinajstić information content (AvgIpc) is 2.38. The lowest BCUT2D eigenvalue weighted by Crippen LogP contribution is -2.11. The largest absolute Gasteiger partial charge is 0.466 e. The summed E-state index contributed by atoms with van der Waals surface area (Å²) in [4.78, 5) is 20.6. The van der Waals surface area contributed by atoms with Gasteiger partial charge >= 0.3 is 11.5 Å². The summed E-state index contributed by atoms with van der Waals surface area (Å²) in [6.45, 7) is 1.53. The van der Waals surface area contributed by atoms with E-state index in [4.69, 9.17) is 5.26 Å². The van der Waals surface area contributed by atoms with Crippen molar-refractivity contribution in [3.05, 3.63) is 33.4 Å². The number of nitriles is 1. The molecule has 0 fully saturated rings. The van der Waals surface area contributed by atoms with Crippen molar-refractivity contribution in [2.24, 2.45) is 0 Å². The first-order chi connectivity index (χ1) is 10.2. The average molecular weight is 334 g/mol. The van der Waals surface area contributed by atoms with Gasteiger partial charge in [0, 0.05) is 6.07 Å². The lowest BCUT2D eigenvalue weighted by Gasteiger charge is -2.12. The molecule has 0 heterocycles. The van der Waals surface area contributed by atoms with Gasteiger partial charge in [0.1, 0.15) is 0 Å². The van der Waals surface area contributed by atoms with Gasteiger partial charge in [-0.05, 0) is 30.3 Å². The second-order valence-electron chi connectivity index (χ2n) is 3.88. The maximum absolute atomic E-state index is 12.6. The molecule has 1 aromatic rings. The van der Waals surface area contributed by atoms with Crippen molar-refractivity contribution in [2.75, 3.05) is 6.61 Å². The van der Waals surface area contributed by atoms with Crippen LogP contribution in [0.15, 0.2) is 17.0 Å². The number of benzene rings is 1. The van der Waals surface area contributed by atoms with E-state index in [0.29, 0.717) is 0 Å². The Morgan fingerprint density at radius 1 is 1.50 bits per heavy atom. The van der Waals surface area contributed by atoms with Crippen LogP contribution < -0.4 is 0 Å². The van der Waals surface area contributed by atoms with Crippen molar-refractivity contribution in [2.45, 2.75) is 23.7 Å². The number of halogens is 3. The monoisotopic (exact) mass is 334 g/mol. The Morgan fingerprint density at radius 2 is 2.14 bits per heavy atom. The second kappa shape index (κ2) is 7.13. The van der Waals surface area contributed by atoms with Gasteiger partial charge in [-0.2, -0.15) is 18.4 Å². The zero-order valence-corrected chi connectivity index (χ0v) is 12.0. The number of carbonyl (C=O) groups is 1. The van der Waals surface area contributed by atoms with Crippen molar-refractivity contribution in [3.63, 3.8) is 0 Å². The first-order valence-electron chi connectivity index (χ1n) is 5.80. The summed E-state index contributed by atoms with van der Waals surface area (Å²) in [6.07, 6.45) is -0.595. The van der Waals surface area contributed by atoms with Crippen LogP contribution >= 0.6 is 11.8 Å². The Kier molecular flexibility index (Phi) is 5.76. The van der Waals surface area contributed by atoms with E-state index < -0.39 is 45.2 Å². The predicted molar refractivity (Wildman–Crippen MR) is 70.1 cm³/mol. The van der Waals surface area contributed by atoms with E-state index in [2.05, 4.69) is 4.74 Å². The van der Waals surface area contributed by atoms with Gasteiger partial charge in [-0.1, -0.05) is 0 Å². The Bertz CT molecular complexity index is 640. The van der Waals surface area contributed by atoms with Crippen LogP contribution in [-0.4, -0.2) is 23.0 Å². The van der Waals surface area contributed by atoms with Crippen LogP contribution in [0.2, 0.25) is 0 Å². The molecule has 0 bridgehead atoms. The van der Waals surface area contributed by atoms with Crippen molar-refractivity contribution >= 4 is 23.4 Å². The van der Waals surface area contributed by atoms with Gasteiger partial charge in [-0.3, -0.25) is 14.9 Å². The molecule has 0 saturated carbocycles. The van der Waals surface area contributed by atoms with Crippen LogP contribution in [0.4, 0.5) is 18.9 Å². The molecular weight excluding hydrogens is 325 g/mol. The highest BCUT2D eigenvalue weighted by Gasteiger charge is 2.35. The Labute approximate surface area is 127 Å². The third-order valence-corrected chi connectivity index (χ3v) is 3.24. The molecule has 1 aromatic carbocycles. The van der Waals surface area contributed by atoms with Gasteiger partial charge < -0.3 is 4.74 Å². The normalized spacial score (nSPS) is 10.9. The summed E-state index contributed by atoms with van der Waals surface area (Å²) in [6, 6.07) is 3.36. The van der Waals surface area contributed by atoms with Gasteiger partial charge in [0.2, 0.25) is 0 Å². The zero-order chi connectivity index (χ0) is 16.9. The molecule has 0 unspecified atom stereocenters. The fraction of sp³-hybridized carbons (Fsp3) is 0.333. The Hall–Kier alpha value is -2.28. The fourth-order valence-corrected chi connectivity index (χ4v) is 2.34. The van der Waals surface area contributed by atoms with E-state index in [0.717, 1.165) is 12.1 Å². The lowest BCUT2D eigenvalue weighted by atomic mass is 10.1. The first kappa shape index (κ1) is 17.8. The van der Waals surface area contributed by atoms with E-state index in [-0.39, 0.29) is 17.7 Å². The maximum atomic E-state index is 12.6. The molecule has 0 radical (unpaired) electrons. The number of nitro groups is 1. The number of rotatable bonds is 5. The fourth-order valence-electron chi connectivity index (χ4n) is 1.60. The SMILES string of the molecule is CCOC(=O)Cc1cc(C#N)cc([N+](=O)[O-])c1SC(F)(F)F. The molecule has 1 rings (SSSR count). The number of ether oxygens (including phenoxy) is 1. The highest BCUT2D eigenvalue weighted by Crippen LogP contribution is 2.43. The van der Waals surface area contributed by atoms with Crippen molar-refractivity contribution in [1.82, 2.24) is 0 Å². The standard InChI is InChI=1S/C12H9F3N2O4S/c1-2-21-10(18)5-8-3-7(6-16)4-9(17(19)20)11(8)22-12(13,14)15/h3-4H,2,5H2,1H3. The molecule has 6 nitrogen and oxygen atoms in total. The molecule has 0 atom stereocenters. The molecule has 10 heteroatoms. The molecule has 0 saturated heterocycles. The second-order valence-corrected chi connectivity index (χ2v) is 4.96. The smallest absolute Gasteiger partial charge is 0.446 e. The molecular formula is C12H9F3N2O4S. The molecule has 0 aliphatic carbocycles. The number of nitrogens with zero attached hydrogens (tertiary/aromatic N) is 2. The van der Waals surface area contributed by atoms with E-state index in [1.807, 2.05) is 0 Å². The van der Waals surface area contributed by atoms with Gasteiger partial charge in [-0.15, -0.1) is 0 Å². The molecule has 0 amide bonds. The van der Waals surface area contributed by atoms with Crippen molar-refractivity contribution < 1.29 is 27.6 Å². The highest BCUT2D eigenvalue weighted by molar-refractivity contribution is 8.00. The molecule has 0 N–H and O–H groups in total. The van der Waals surface area contributed by atoms with Crippen LogP contribution in [0.25, 0.3) is 0 Å². The van der Waals surface area contributed by atoms with E-state index in [1.165, 1.54) is 6.92 Å². The molecule has 22 heavy (non-hydrogen) atoms. The summed E-state index contributed by atoms with van der Waals surface area (Å²) >= 11 is -0.697. The molecule has 0 aliphatic heterocycles. The maximum Gasteiger partial charge on any atom is 0.446 e. The van der Waals surface area contributed by atoms with Crippen molar-refractivity contribution in [3.8, 4) is 6.07 Å². The Morgan fingerprint density at radius 3 is 2.59 bits per heavy atom. The zero-order valence-electron chi connectivity index (χ0n) is 11.1. The number of esters is 1. The Balaban J connectivity index is 3.42. The first-order valence-corrected chi connectivity index (χ1v) is 6.62. The number of carbonyl (C=O) groups excluding carboxylic acids is 1. The van der Waals surface area contributed by atoms with Crippen molar-refractivity contribution in [1.29, 1.82) is 5.26 Å². The van der Waals surface area contributed by atoms with Crippen LogP contribution in [-0.2, 0) is 16.0 Å². The predicted octanol–water partition coefficient (Wildman–Crippen LogP) is 3.18.